The van der Waals surface area contributed by atoms with E-state index in [4.69, 9.17) is 11.6 Å². The molecule has 110 valence electrons. The predicted molar refractivity (Wildman–Crippen MR) is 81.4 cm³/mol. The molecule has 0 aliphatic rings. The molecule has 19 heavy (non-hydrogen) atoms. The summed E-state index contributed by atoms with van der Waals surface area (Å²) in [5, 5.41) is 4.18. The van der Waals surface area contributed by atoms with E-state index in [1.807, 2.05) is 4.68 Å². The molecular formula is C15H28ClN3. The lowest BCUT2D eigenvalue weighted by atomic mass is 10.1. The monoisotopic (exact) mass is 285 g/mol. The zero-order chi connectivity index (χ0) is 13.8. The van der Waals surface area contributed by atoms with Crippen LogP contribution in [0.1, 0.15) is 77.0 Å². The summed E-state index contributed by atoms with van der Waals surface area (Å²) < 4.78 is 1.93. The van der Waals surface area contributed by atoms with Gasteiger partial charge in [0.1, 0.15) is 12.2 Å². The van der Waals surface area contributed by atoms with Crippen LogP contribution in [0.25, 0.3) is 0 Å². The van der Waals surface area contributed by atoms with Crippen LogP contribution in [-0.4, -0.2) is 14.8 Å². The van der Waals surface area contributed by atoms with Gasteiger partial charge in [0.15, 0.2) is 0 Å². The molecule has 1 heterocycles. The molecule has 0 aliphatic carbocycles. The summed E-state index contributed by atoms with van der Waals surface area (Å²) in [6, 6.07) is 0. The van der Waals surface area contributed by atoms with E-state index in [-0.39, 0.29) is 0 Å². The minimum Gasteiger partial charge on any atom is -0.249 e. The summed E-state index contributed by atoms with van der Waals surface area (Å²) in [4.78, 5) is 4.12. The number of unbranched alkanes of at least 4 members (excludes halogenated alkanes) is 9. The second kappa shape index (κ2) is 11.3. The van der Waals surface area contributed by atoms with Gasteiger partial charge in [0, 0.05) is 6.54 Å². The Bertz CT molecular complexity index is 312. The molecule has 1 aromatic heterocycles. The molecule has 0 unspecified atom stereocenters. The summed E-state index contributed by atoms with van der Waals surface area (Å²) in [6.45, 7) is 3.23. The Balaban J connectivity index is 1.89. The molecule has 0 N–H and O–H groups in total. The van der Waals surface area contributed by atoms with Crippen molar-refractivity contribution in [3.63, 3.8) is 0 Å². The Kier molecular flexibility index (Phi) is 9.78. The number of nitrogens with zero attached hydrogens (tertiary/aromatic N) is 3. The first kappa shape index (κ1) is 16.5. The molecule has 0 bridgehead atoms. The normalized spacial score (nSPS) is 11.1. The topological polar surface area (TPSA) is 30.7 Å². The van der Waals surface area contributed by atoms with Gasteiger partial charge in [-0.05, 0) is 6.42 Å². The van der Waals surface area contributed by atoms with Crippen LogP contribution < -0.4 is 0 Å². The fraction of sp³-hybridized carbons (Fsp3) is 0.867. The molecule has 0 aliphatic heterocycles. The van der Waals surface area contributed by atoms with E-state index in [1.54, 1.807) is 6.33 Å². The highest BCUT2D eigenvalue weighted by Crippen LogP contribution is 2.11. The van der Waals surface area contributed by atoms with Gasteiger partial charge in [-0.25, -0.2) is 9.67 Å². The molecule has 4 heteroatoms. The van der Waals surface area contributed by atoms with Gasteiger partial charge in [0.25, 0.3) is 0 Å². The molecule has 0 amide bonds. The molecular weight excluding hydrogens is 258 g/mol. The van der Waals surface area contributed by atoms with Crippen LogP contribution in [0.15, 0.2) is 6.33 Å². The lowest BCUT2D eigenvalue weighted by Crippen LogP contribution is -2.04. The molecule has 0 saturated heterocycles. The van der Waals surface area contributed by atoms with Gasteiger partial charge in [-0.1, -0.05) is 64.7 Å². The van der Waals surface area contributed by atoms with E-state index < -0.39 is 0 Å². The fourth-order valence-corrected chi connectivity index (χ4v) is 2.53. The Labute approximate surface area is 122 Å². The first-order valence-corrected chi connectivity index (χ1v) is 8.34. The number of halogens is 1. The summed E-state index contributed by atoms with van der Waals surface area (Å²) in [7, 11) is 0. The highest BCUT2D eigenvalue weighted by Gasteiger charge is 2.01. The standard InChI is InChI=1S/C15H28ClN3/c1-2-3-4-5-6-7-8-9-10-11-12-19-15(13-16)17-14-18-19/h14H,2-13H2,1H3. The molecule has 0 aromatic carbocycles. The molecule has 1 aromatic rings. The van der Waals surface area contributed by atoms with E-state index >= 15 is 0 Å². The first-order valence-electron chi connectivity index (χ1n) is 7.81. The average molecular weight is 286 g/mol. The highest BCUT2D eigenvalue weighted by atomic mass is 35.5. The van der Waals surface area contributed by atoms with Crippen LogP contribution in [-0.2, 0) is 12.4 Å². The average Bonchev–Trinajstić information content (AvgIpc) is 2.88. The third kappa shape index (κ3) is 7.56. The van der Waals surface area contributed by atoms with Crippen molar-refractivity contribution in [3.8, 4) is 0 Å². The second-order valence-electron chi connectivity index (χ2n) is 5.22. The summed E-state index contributed by atoms with van der Waals surface area (Å²) in [5.41, 5.74) is 0. The van der Waals surface area contributed by atoms with E-state index in [1.165, 1.54) is 64.2 Å². The van der Waals surface area contributed by atoms with Crippen LogP contribution in [0.4, 0.5) is 0 Å². The lowest BCUT2D eigenvalue weighted by Gasteiger charge is -2.04. The first-order chi connectivity index (χ1) is 9.38. The van der Waals surface area contributed by atoms with Gasteiger partial charge < -0.3 is 0 Å². The molecule has 0 fully saturated rings. The Morgan fingerprint density at radius 3 is 2.11 bits per heavy atom. The van der Waals surface area contributed by atoms with Gasteiger partial charge in [-0.15, -0.1) is 11.6 Å². The summed E-state index contributed by atoms with van der Waals surface area (Å²) >= 11 is 5.78. The van der Waals surface area contributed by atoms with E-state index in [2.05, 4.69) is 17.0 Å². The van der Waals surface area contributed by atoms with Crippen molar-refractivity contribution in [1.29, 1.82) is 0 Å². The van der Waals surface area contributed by atoms with E-state index in [0.717, 1.165) is 12.4 Å². The van der Waals surface area contributed by atoms with Gasteiger partial charge in [0.05, 0.1) is 5.88 Å². The number of rotatable bonds is 12. The zero-order valence-electron chi connectivity index (χ0n) is 12.3. The number of hydrogen-bond acceptors (Lipinski definition) is 2. The molecule has 3 nitrogen and oxygen atoms in total. The van der Waals surface area contributed by atoms with Crippen LogP contribution in [0, 0.1) is 0 Å². The molecule has 0 spiro atoms. The van der Waals surface area contributed by atoms with Crippen molar-refractivity contribution in [2.24, 2.45) is 0 Å². The fourth-order valence-electron chi connectivity index (χ4n) is 2.33. The summed E-state index contributed by atoms with van der Waals surface area (Å²) in [6.07, 6.45) is 15.2. The minimum absolute atomic E-state index is 0.456. The largest absolute Gasteiger partial charge is 0.249 e. The van der Waals surface area contributed by atoms with Gasteiger partial charge in [0.2, 0.25) is 0 Å². The maximum Gasteiger partial charge on any atom is 0.141 e. The molecule has 0 radical (unpaired) electrons. The highest BCUT2D eigenvalue weighted by molar-refractivity contribution is 6.16. The number of aryl methyl sites for hydroxylation is 1. The number of hydrogen-bond donors (Lipinski definition) is 0. The lowest BCUT2D eigenvalue weighted by molar-refractivity contribution is 0.507. The Morgan fingerprint density at radius 1 is 0.947 bits per heavy atom. The van der Waals surface area contributed by atoms with Crippen LogP contribution in [0.2, 0.25) is 0 Å². The molecule has 0 saturated carbocycles. The third-order valence-electron chi connectivity index (χ3n) is 3.54. The zero-order valence-corrected chi connectivity index (χ0v) is 13.0. The Morgan fingerprint density at radius 2 is 1.53 bits per heavy atom. The molecule has 1 rings (SSSR count). The van der Waals surface area contributed by atoms with Crippen LogP contribution >= 0.6 is 11.6 Å². The van der Waals surface area contributed by atoms with Crippen molar-refractivity contribution in [3.05, 3.63) is 12.2 Å². The number of alkyl halides is 1. The van der Waals surface area contributed by atoms with E-state index in [9.17, 15) is 0 Å². The maximum absolute atomic E-state index is 5.78. The third-order valence-corrected chi connectivity index (χ3v) is 3.78. The van der Waals surface area contributed by atoms with Gasteiger partial charge in [-0.2, -0.15) is 5.10 Å². The SMILES string of the molecule is CCCCCCCCCCCCn1ncnc1CCl. The number of aromatic nitrogens is 3. The van der Waals surface area contributed by atoms with Crippen molar-refractivity contribution in [2.75, 3.05) is 0 Å². The second-order valence-corrected chi connectivity index (χ2v) is 5.48. The van der Waals surface area contributed by atoms with Crippen molar-refractivity contribution >= 4 is 11.6 Å². The van der Waals surface area contributed by atoms with Gasteiger partial charge in [-0.3, -0.25) is 0 Å². The van der Waals surface area contributed by atoms with Crippen molar-refractivity contribution in [2.45, 2.75) is 83.6 Å². The van der Waals surface area contributed by atoms with Gasteiger partial charge >= 0.3 is 0 Å². The van der Waals surface area contributed by atoms with Crippen molar-refractivity contribution < 1.29 is 0 Å². The van der Waals surface area contributed by atoms with Crippen molar-refractivity contribution in [1.82, 2.24) is 14.8 Å². The van der Waals surface area contributed by atoms with E-state index in [0.29, 0.717) is 5.88 Å². The predicted octanol–water partition coefficient (Wildman–Crippen LogP) is 4.94. The smallest absolute Gasteiger partial charge is 0.141 e. The van der Waals surface area contributed by atoms with Crippen LogP contribution in [0.5, 0.6) is 0 Å². The maximum atomic E-state index is 5.78. The molecule has 0 atom stereocenters. The minimum atomic E-state index is 0.456. The van der Waals surface area contributed by atoms with Crippen LogP contribution in [0.3, 0.4) is 0 Å². The Hall–Kier alpha value is -0.570. The summed E-state index contributed by atoms with van der Waals surface area (Å²) in [5.74, 6) is 1.34. The quantitative estimate of drug-likeness (QED) is 0.402.